The van der Waals surface area contributed by atoms with Gasteiger partial charge in [0.25, 0.3) is 0 Å². The van der Waals surface area contributed by atoms with Gasteiger partial charge in [-0.2, -0.15) is 0 Å². The summed E-state index contributed by atoms with van der Waals surface area (Å²) in [7, 11) is 1.49. The molecule has 0 aliphatic carbocycles. The highest BCUT2D eigenvalue weighted by atomic mass is 16.5. The number of rotatable bonds is 3. The Kier molecular flexibility index (Phi) is 3.07. The third kappa shape index (κ3) is 1.99. The van der Waals surface area contributed by atoms with Gasteiger partial charge in [0.15, 0.2) is 0 Å². The topological polar surface area (TPSA) is 68.1 Å². The van der Waals surface area contributed by atoms with E-state index in [-0.39, 0.29) is 0 Å². The Morgan fingerprint density at radius 1 is 1.12 bits per heavy atom. The van der Waals surface area contributed by atoms with Gasteiger partial charge in [0, 0.05) is 24.8 Å². The molecular weight excluding hydrogens is 206 g/mol. The molecule has 82 valence electrons. The van der Waals surface area contributed by atoms with E-state index in [4.69, 9.17) is 4.74 Å². The van der Waals surface area contributed by atoms with Crippen LogP contribution in [0.4, 0.5) is 0 Å². The Balaban J connectivity index is 2.37. The predicted octanol–water partition coefficient (Wildman–Crippen LogP) is 0.962. The summed E-state index contributed by atoms with van der Waals surface area (Å²) >= 11 is 0. The Hall–Kier alpha value is -2.01. The lowest BCUT2D eigenvalue weighted by Gasteiger charge is -2.12. The summed E-state index contributed by atoms with van der Waals surface area (Å²) in [5.41, 5.74) is 1.10. The van der Waals surface area contributed by atoms with E-state index in [9.17, 15) is 5.11 Å². The van der Waals surface area contributed by atoms with Crippen LogP contribution in [0.15, 0.2) is 36.9 Å². The molecule has 0 radical (unpaired) electrons. The van der Waals surface area contributed by atoms with Crippen LogP contribution in [-0.4, -0.2) is 27.2 Å². The normalized spacial score (nSPS) is 12.1. The van der Waals surface area contributed by atoms with E-state index >= 15 is 0 Å². The van der Waals surface area contributed by atoms with Crippen molar-refractivity contribution in [3.8, 4) is 5.88 Å². The summed E-state index contributed by atoms with van der Waals surface area (Å²) in [6, 6.07) is 3.44. The quantitative estimate of drug-likeness (QED) is 0.829. The van der Waals surface area contributed by atoms with Gasteiger partial charge in [0.05, 0.1) is 7.11 Å². The SMILES string of the molecule is COc1nccnc1C(O)c1ccncc1. The van der Waals surface area contributed by atoms with Crippen LogP contribution in [0.3, 0.4) is 0 Å². The highest BCUT2D eigenvalue weighted by Gasteiger charge is 2.17. The van der Waals surface area contributed by atoms with E-state index in [0.29, 0.717) is 17.1 Å². The number of hydrogen-bond acceptors (Lipinski definition) is 5. The molecule has 0 bridgehead atoms. The number of nitrogens with zero attached hydrogens (tertiary/aromatic N) is 3. The first kappa shape index (κ1) is 10.5. The van der Waals surface area contributed by atoms with Gasteiger partial charge >= 0.3 is 0 Å². The van der Waals surface area contributed by atoms with Crippen LogP contribution in [0.25, 0.3) is 0 Å². The first-order chi connectivity index (χ1) is 7.83. The van der Waals surface area contributed by atoms with Crippen molar-refractivity contribution in [2.24, 2.45) is 0 Å². The monoisotopic (exact) mass is 217 g/mol. The van der Waals surface area contributed by atoms with Gasteiger partial charge in [0.2, 0.25) is 5.88 Å². The molecule has 1 unspecified atom stereocenters. The van der Waals surface area contributed by atoms with Gasteiger partial charge in [-0.1, -0.05) is 0 Å². The average molecular weight is 217 g/mol. The van der Waals surface area contributed by atoms with Crippen LogP contribution >= 0.6 is 0 Å². The zero-order chi connectivity index (χ0) is 11.4. The van der Waals surface area contributed by atoms with Gasteiger partial charge in [-0.25, -0.2) is 4.98 Å². The van der Waals surface area contributed by atoms with Crippen molar-refractivity contribution in [1.82, 2.24) is 15.0 Å². The highest BCUT2D eigenvalue weighted by Crippen LogP contribution is 2.25. The Bertz CT molecular complexity index is 462. The standard InChI is InChI=1S/C11H11N3O2/c1-16-11-9(13-6-7-14-11)10(15)8-2-4-12-5-3-8/h2-7,10,15H,1H3. The molecule has 1 N–H and O–H groups in total. The lowest BCUT2D eigenvalue weighted by Crippen LogP contribution is -2.06. The Morgan fingerprint density at radius 3 is 2.50 bits per heavy atom. The minimum absolute atomic E-state index is 0.326. The lowest BCUT2D eigenvalue weighted by molar-refractivity contribution is 0.207. The number of aromatic nitrogens is 3. The molecule has 0 aromatic carbocycles. The number of hydrogen-bond donors (Lipinski definition) is 1. The highest BCUT2D eigenvalue weighted by molar-refractivity contribution is 5.29. The molecule has 0 saturated heterocycles. The molecule has 1 atom stereocenters. The second-order valence-corrected chi connectivity index (χ2v) is 3.13. The molecule has 0 aliphatic rings. The number of aliphatic hydroxyl groups excluding tert-OH is 1. The van der Waals surface area contributed by atoms with Crippen molar-refractivity contribution in [1.29, 1.82) is 0 Å². The molecule has 0 aliphatic heterocycles. The molecule has 0 amide bonds. The van der Waals surface area contributed by atoms with Crippen LogP contribution < -0.4 is 4.74 Å². The second-order valence-electron chi connectivity index (χ2n) is 3.13. The summed E-state index contributed by atoms with van der Waals surface area (Å²) in [6.45, 7) is 0. The molecule has 2 rings (SSSR count). The molecule has 0 saturated carbocycles. The van der Waals surface area contributed by atoms with Gasteiger partial charge in [0.1, 0.15) is 11.8 Å². The third-order valence-corrected chi connectivity index (χ3v) is 2.17. The van der Waals surface area contributed by atoms with E-state index in [1.54, 1.807) is 24.5 Å². The number of ether oxygens (including phenoxy) is 1. The van der Waals surface area contributed by atoms with E-state index in [1.807, 2.05) is 0 Å². The maximum atomic E-state index is 10.1. The van der Waals surface area contributed by atoms with Gasteiger partial charge < -0.3 is 9.84 Å². The summed E-state index contributed by atoms with van der Waals surface area (Å²) < 4.78 is 5.04. The first-order valence-electron chi connectivity index (χ1n) is 4.76. The van der Waals surface area contributed by atoms with Crippen molar-refractivity contribution < 1.29 is 9.84 Å². The molecule has 2 aromatic heterocycles. The van der Waals surface area contributed by atoms with Crippen LogP contribution in [0.5, 0.6) is 5.88 Å². The number of aliphatic hydroxyl groups is 1. The second kappa shape index (κ2) is 4.67. The Morgan fingerprint density at radius 2 is 1.81 bits per heavy atom. The van der Waals surface area contributed by atoms with Gasteiger partial charge in [-0.15, -0.1) is 0 Å². The molecule has 0 spiro atoms. The fourth-order valence-electron chi connectivity index (χ4n) is 1.38. The first-order valence-corrected chi connectivity index (χ1v) is 4.76. The zero-order valence-electron chi connectivity index (χ0n) is 8.74. The van der Waals surface area contributed by atoms with Crippen LogP contribution in [0.2, 0.25) is 0 Å². The smallest absolute Gasteiger partial charge is 0.238 e. The summed E-state index contributed by atoms with van der Waals surface area (Å²) in [4.78, 5) is 11.9. The van der Waals surface area contributed by atoms with Crippen LogP contribution in [0, 0.1) is 0 Å². The van der Waals surface area contributed by atoms with Crippen molar-refractivity contribution in [2.75, 3.05) is 7.11 Å². The lowest BCUT2D eigenvalue weighted by atomic mass is 10.1. The van der Waals surface area contributed by atoms with E-state index in [1.165, 1.54) is 19.5 Å². The zero-order valence-corrected chi connectivity index (χ0v) is 8.74. The summed E-state index contributed by atoms with van der Waals surface area (Å²) in [5, 5.41) is 10.1. The van der Waals surface area contributed by atoms with E-state index < -0.39 is 6.10 Å². The summed E-state index contributed by atoms with van der Waals surface area (Å²) in [6.07, 6.45) is 5.40. The molecule has 2 aromatic rings. The molecule has 0 fully saturated rings. The fraction of sp³-hybridized carbons (Fsp3) is 0.182. The minimum Gasteiger partial charge on any atom is -0.480 e. The van der Waals surface area contributed by atoms with E-state index in [0.717, 1.165) is 0 Å². The van der Waals surface area contributed by atoms with Crippen molar-refractivity contribution >= 4 is 0 Å². The molecule has 5 heteroatoms. The van der Waals surface area contributed by atoms with Crippen molar-refractivity contribution in [3.05, 3.63) is 48.2 Å². The average Bonchev–Trinajstić information content (AvgIpc) is 2.39. The molecule has 16 heavy (non-hydrogen) atoms. The van der Waals surface area contributed by atoms with Crippen LogP contribution in [-0.2, 0) is 0 Å². The maximum absolute atomic E-state index is 10.1. The fourth-order valence-corrected chi connectivity index (χ4v) is 1.38. The largest absolute Gasteiger partial charge is 0.480 e. The van der Waals surface area contributed by atoms with Gasteiger partial charge in [-0.3, -0.25) is 9.97 Å². The third-order valence-electron chi connectivity index (χ3n) is 2.17. The Labute approximate surface area is 92.8 Å². The minimum atomic E-state index is -0.855. The predicted molar refractivity (Wildman–Crippen MR) is 56.9 cm³/mol. The van der Waals surface area contributed by atoms with Crippen molar-refractivity contribution in [3.63, 3.8) is 0 Å². The molecule has 2 heterocycles. The van der Waals surface area contributed by atoms with Crippen molar-refractivity contribution in [2.45, 2.75) is 6.10 Å². The summed E-state index contributed by atoms with van der Waals surface area (Å²) in [5.74, 6) is 0.326. The maximum Gasteiger partial charge on any atom is 0.238 e. The molecule has 5 nitrogen and oxygen atoms in total. The van der Waals surface area contributed by atoms with E-state index in [2.05, 4.69) is 15.0 Å². The number of pyridine rings is 1. The molecular formula is C11H11N3O2. The van der Waals surface area contributed by atoms with Crippen LogP contribution in [0.1, 0.15) is 17.4 Å². The number of methoxy groups -OCH3 is 1. The van der Waals surface area contributed by atoms with Gasteiger partial charge in [-0.05, 0) is 17.7 Å².